The van der Waals surface area contributed by atoms with Crippen molar-refractivity contribution in [2.24, 2.45) is 0 Å². The molecule has 68 heavy (non-hydrogen) atoms. The lowest BCUT2D eigenvalue weighted by Crippen LogP contribution is -2.28. The number of rotatable bonds is 7. The van der Waals surface area contributed by atoms with Crippen LogP contribution < -0.4 is 4.90 Å². The van der Waals surface area contributed by atoms with Crippen molar-refractivity contribution in [3.05, 3.63) is 271 Å². The Labute approximate surface area is 393 Å². The summed E-state index contributed by atoms with van der Waals surface area (Å²) in [6, 6.07) is 90.0. The summed E-state index contributed by atoms with van der Waals surface area (Å²) in [6.07, 6.45) is 0. The molecule has 0 radical (unpaired) electrons. The van der Waals surface area contributed by atoms with Gasteiger partial charge in [0, 0.05) is 33.0 Å². The monoisotopic (exact) mass is 867 g/mol. The van der Waals surface area contributed by atoms with E-state index < -0.39 is 5.41 Å². The summed E-state index contributed by atoms with van der Waals surface area (Å²) in [5.74, 6) is 0. The van der Waals surface area contributed by atoms with Crippen LogP contribution in [0, 0.1) is 0 Å². The maximum Gasteiger partial charge on any atom is 0.144 e. The second kappa shape index (κ2) is 15.1. The van der Waals surface area contributed by atoms with Crippen molar-refractivity contribution in [2.45, 2.75) is 5.41 Å². The van der Waals surface area contributed by atoms with Crippen molar-refractivity contribution in [2.75, 3.05) is 4.90 Å². The van der Waals surface area contributed by atoms with Crippen LogP contribution in [-0.2, 0) is 5.41 Å². The van der Waals surface area contributed by atoms with Crippen LogP contribution in [0.2, 0.25) is 0 Å². The lowest BCUT2D eigenvalue weighted by molar-refractivity contribution is 0.664. The minimum atomic E-state index is -0.578. The van der Waals surface area contributed by atoms with Crippen LogP contribution in [-0.4, -0.2) is 0 Å². The van der Waals surface area contributed by atoms with Crippen LogP contribution >= 0.6 is 0 Å². The highest BCUT2D eigenvalue weighted by atomic mass is 16.3. The Balaban J connectivity index is 1.09. The third kappa shape index (κ3) is 5.60. The Bertz CT molecular complexity index is 4050. The number of hydrogen-bond donors (Lipinski definition) is 0. The van der Waals surface area contributed by atoms with Crippen LogP contribution in [0.4, 0.5) is 17.1 Å². The summed E-state index contributed by atoms with van der Waals surface area (Å²) in [5, 5.41) is 6.47. The van der Waals surface area contributed by atoms with Gasteiger partial charge >= 0.3 is 0 Å². The van der Waals surface area contributed by atoms with Crippen molar-refractivity contribution in [1.29, 1.82) is 0 Å². The average molecular weight is 868 g/mol. The smallest absolute Gasteiger partial charge is 0.144 e. The molecule has 1 aliphatic carbocycles. The highest BCUT2D eigenvalue weighted by molar-refractivity contribution is 6.26. The summed E-state index contributed by atoms with van der Waals surface area (Å²) in [5.41, 5.74) is 17.6. The minimum absolute atomic E-state index is 0.578. The van der Waals surface area contributed by atoms with E-state index in [1.54, 1.807) is 0 Å². The summed E-state index contributed by atoms with van der Waals surface area (Å²) in [6.45, 7) is 0. The van der Waals surface area contributed by atoms with E-state index in [4.69, 9.17) is 8.83 Å². The van der Waals surface area contributed by atoms with Gasteiger partial charge in [0.25, 0.3) is 0 Å². The Hall–Kier alpha value is -8.92. The fourth-order valence-electron chi connectivity index (χ4n) is 11.5. The summed E-state index contributed by atoms with van der Waals surface area (Å²) >= 11 is 0. The van der Waals surface area contributed by atoms with E-state index in [1.807, 2.05) is 6.07 Å². The van der Waals surface area contributed by atoms with Gasteiger partial charge in [-0.05, 0) is 104 Å². The highest BCUT2D eigenvalue weighted by Gasteiger charge is 2.46. The van der Waals surface area contributed by atoms with Crippen LogP contribution in [0.1, 0.15) is 22.3 Å². The van der Waals surface area contributed by atoms with Crippen molar-refractivity contribution in [3.63, 3.8) is 0 Å². The molecule has 0 saturated heterocycles. The summed E-state index contributed by atoms with van der Waals surface area (Å²) in [4.78, 5) is 2.46. The average Bonchev–Trinajstić information content (AvgIpc) is 4.07. The predicted octanol–water partition coefficient (Wildman–Crippen LogP) is 17.8. The first kappa shape index (κ1) is 38.4. The van der Waals surface area contributed by atoms with Gasteiger partial charge in [0.1, 0.15) is 22.3 Å². The molecule has 0 N–H and O–H groups in total. The first-order chi connectivity index (χ1) is 33.7. The molecule has 0 saturated carbocycles. The molecule has 3 nitrogen and oxygen atoms in total. The van der Waals surface area contributed by atoms with Gasteiger partial charge in [0.2, 0.25) is 0 Å². The van der Waals surface area contributed by atoms with Gasteiger partial charge in [0.15, 0.2) is 0 Å². The van der Waals surface area contributed by atoms with Gasteiger partial charge in [-0.25, -0.2) is 0 Å². The second-order valence-corrected chi connectivity index (χ2v) is 17.9. The van der Waals surface area contributed by atoms with E-state index in [1.165, 1.54) is 44.2 Å². The van der Waals surface area contributed by atoms with E-state index in [2.05, 4.69) is 248 Å². The Kier molecular flexibility index (Phi) is 8.50. The Morgan fingerprint density at radius 3 is 1.78 bits per heavy atom. The molecular weight excluding hydrogens is 827 g/mol. The molecule has 0 aliphatic heterocycles. The molecule has 0 spiro atoms. The van der Waals surface area contributed by atoms with Crippen molar-refractivity contribution in [1.82, 2.24) is 0 Å². The van der Waals surface area contributed by atoms with E-state index in [9.17, 15) is 0 Å². The van der Waals surface area contributed by atoms with Crippen LogP contribution in [0.25, 0.3) is 88.0 Å². The third-order valence-electron chi connectivity index (χ3n) is 14.3. The SMILES string of the molecule is c1ccc(-c2ccccc2N(c2ccc3c(c2)C(c2ccccc2)(c2ccccc2)c2ccccc2-3)c2cccc3oc4c(-c5ccc6ccccc6c5)c5c(cc4c23)oc2ccccc25)cc1. The standard InChI is InChI=1S/C65H41NO2/c1-4-20-43(21-5-1)49-27-13-16-31-56(49)66(48-37-38-51-50-28-12-15-30-54(50)65(55(51)40-48,46-23-6-2-7-24-46)47-25-8-3-9-26-47)57-32-18-34-59-62(57)53-41-60-63(52-29-14-17-33-58(52)67-60)61(64(53)68-59)45-36-35-42-19-10-11-22-44(42)39-45/h1-41H. The zero-order valence-corrected chi connectivity index (χ0v) is 36.9. The normalized spacial score (nSPS) is 12.8. The maximum absolute atomic E-state index is 7.25. The zero-order valence-electron chi connectivity index (χ0n) is 36.9. The zero-order chi connectivity index (χ0) is 44.8. The molecule has 1 aliphatic rings. The molecule has 0 unspecified atom stereocenters. The number of hydrogen-bond acceptors (Lipinski definition) is 3. The Morgan fingerprint density at radius 1 is 0.338 bits per heavy atom. The second-order valence-electron chi connectivity index (χ2n) is 17.9. The number of nitrogens with zero attached hydrogens (tertiary/aromatic N) is 1. The van der Waals surface area contributed by atoms with Crippen LogP contribution in [0.3, 0.4) is 0 Å². The van der Waals surface area contributed by atoms with Crippen molar-refractivity contribution in [3.8, 4) is 33.4 Å². The van der Waals surface area contributed by atoms with E-state index in [0.29, 0.717) is 0 Å². The van der Waals surface area contributed by atoms with E-state index in [0.717, 1.165) is 83.2 Å². The third-order valence-corrected chi connectivity index (χ3v) is 14.3. The maximum atomic E-state index is 7.25. The lowest BCUT2D eigenvalue weighted by atomic mass is 9.67. The molecule has 2 heterocycles. The molecule has 0 fully saturated rings. The molecule has 2 aromatic heterocycles. The van der Waals surface area contributed by atoms with E-state index in [-0.39, 0.29) is 0 Å². The van der Waals surface area contributed by atoms with Gasteiger partial charge in [-0.1, -0.05) is 200 Å². The number of fused-ring (bicyclic) bond motifs is 10. The summed E-state index contributed by atoms with van der Waals surface area (Å²) < 4.78 is 14.1. The first-order valence-electron chi connectivity index (χ1n) is 23.3. The van der Waals surface area contributed by atoms with Crippen molar-refractivity contribution >= 4 is 71.7 Å². The molecule has 13 aromatic rings. The fraction of sp³-hybridized carbons (Fsp3) is 0.0154. The fourth-order valence-corrected chi connectivity index (χ4v) is 11.5. The molecule has 14 rings (SSSR count). The van der Waals surface area contributed by atoms with Crippen LogP contribution in [0.15, 0.2) is 258 Å². The lowest BCUT2D eigenvalue weighted by Gasteiger charge is -2.35. The van der Waals surface area contributed by atoms with Gasteiger partial charge < -0.3 is 13.7 Å². The molecule has 0 amide bonds. The number of benzene rings is 11. The Morgan fingerprint density at radius 2 is 0.971 bits per heavy atom. The number of anilines is 3. The van der Waals surface area contributed by atoms with Gasteiger partial charge in [-0.3, -0.25) is 0 Å². The topological polar surface area (TPSA) is 29.5 Å². The van der Waals surface area contributed by atoms with Gasteiger partial charge in [0.05, 0.1) is 22.2 Å². The molecule has 11 aromatic carbocycles. The van der Waals surface area contributed by atoms with Crippen LogP contribution in [0.5, 0.6) is 0 Å². The molecule has 0 atom stereocenters. The number of para-hydroxylation sites is 2. The molecular formula is C65H41NO2. The largest absolute Gasteiger partial charge is 0.456 e. The predicted molar refractivity (Wildman–Crippen MR) is 281 cm³/mol. The minimum Gasteiger partial charge on any atom is -0.456 e. The van der Waals surface area contributed by atoms with Gasteiger partial charge in [-0.2, -0.15) is 0 Å². The molecule has 0 bridgehead atoms. The molecule has 318 valence electrons. The molecule has 3 heteroatoms. The highest BCUT2D eigenvalue weighted by Crippen LogP contribution is 2.58. The first-order valence-corrected chi connectivity index (χ1v) is 23.3. The number of furan rings is 2. The van der Waals surface area contributed by atoms with Crippen molar-refractivity contribution < 1.29 is 8.83 Å². The summed E-state index contributed by atoms with van der Waals surface area (Å²) in [7, 11) is 0. The van der Waals surface area contributed by atoms with Gasteiger partial charge in [-0.15, -0.1) is 0 Å². The quantitative estimate of drug-likeness (QED) is 0.160. The van der Waals surface area contributed by atoms with E-state index >= 15 is 0 Å².